The molecule has 1 amide bonds. The van der Waals surface area contributed by atoms with Crippen LogP contribution in [0.2, 0.25) is 0 Å². The molecule has 4 N–H and O–H groups in total. The number of rotatable bonds is 5. The lowest BCUT2D eigenvalue weighted by Crippen LogP contribution is -2.46. The van der Waals surface area contributed by atoms with Crippen LogP contribution in [0.15, 0.2) is 0 Å². The summed E-state index contributed by atoms with van der Waals surface area (Å²) in [6.07, 6.45) is 1.97. The van der Waals surface area contributed by atoms with E-state index < -0.39 is 11.6 Å². The lowest BCUT2D eigenvalue weighted by molar-refractivity contribution is -0.123. The molecule has 0 heterocycles. The Labute approximate surface area is 97.0 Å². The summed E-state index contributed by atoms with van der Waals surface area (Å²) in [5, 5.41) is 12.3. The van der Waals surface area contributed by atoms with Crippen molar-refractivity contribution in [3.05, 3.63) is 0 Å². The summed E-state index contributed by atoms with van der Waals surface area (Å²) in [7, 11) is 0. The summed E-state index contributed by atoms with van der Waals surface area (Å²) >= 11 is 0. The molecule has 15 heavy (non-hydrogen) atoms. The maximum atomic E-state index is 11.4. The van der Waals surface area contributed by atoms with Crippen LogP contribution in [-0.2, 0) is 4.79 Å². The molecule has 2 unspecified atom stereocenters. The highest BCUT2D eigenvalue weighted by molar-refractivity contribution is 5.88. The maximum absolute atomic E-state index is 11.4. The first-order chi connectivity index (χ1) is 6.49. The average Bonchev–Trinajstić information content (AvgIpc) is 2.92. The molecule has 0 aromatic heterocycles. The van der Waals surface area contributed by atoms with Gasteiger partial charge in [-0.05, 0) is 18.8 Å². The molecule has 0 radical (unpaired) electrons. The van der Waals surface area contributed by atoms with Gasteiger partial charge in [-0.1, -0.05) is 20.3 Å². The van der Waals surface area contributed by atoms with Crippen LogP contribution in [0.4, 0.5) is 0 Å². The zero-order valence-electron chi connectivity index (χ0n) is 9.32. The van der Waals surface area contributed by atoms with Gasteiger partial charge in [0.05, 0.1) is 11.6 Å². The maximum Gasteiger partial charge on any atom is 0.240 e. The average molecular weight is 237 g/mol. The largest absolute Gasteiger partial charge is 0.391 e. The summed E-state index contributed by atoms with van der Waals surface area (Å²) in [6, 6.07) is 0. The number of aliphatic hydroxyl groups is 1. The molecule has 1 saturated carbocycles. The van der Waals surface area contributed by atoms with Crippen molar-refractivity contribution in [1.82, 2.24) is 5.32 Å². The van der Waals surface area contributed by atoms with E-state index in [2.05, 4.69) is 5.32 Å². The SMILES string of the molecule is CCC(C)C(O)CNC(=O)C1(N)CC1.Cl. The fourth-order valence-corrected chi connectivity index (χ4v) is 1.21. The lowest BCUT2D eigenvalue weighted by Gasteiger charge is -2.18. The van der Waals surface area contributed by atoms with E-state index in [1.807, 2.05) is 13.8 Å². The van der Waals surface area contributed by atoms with Crippen LogP contribution in [0.1, 0.15) is 33.1 Å². The van der Waals surface area contributed by atoms with Gasteiger partial charge in [-0.15, -0.1) is 12.4 Å². The summed E-state index contributed by atoms with van der Waals surface area (Å²) < 4.78 is 0. The van der Waals surface area contributed by atoms with E-state index in [0.29, 0.717) is 6.54 Å². The molecule has 0 aliphatic heterocycles. The van der Waals surface area contributed by atoms with E-state index in [1.54, 1.807) is 0 Å². The minimum Gasteiger partial charge on any atom is -0.391 e. The van der Waals surface area contributed by atoms with E-state index >= 15 is 0 Å². The van der Waals surface area contributed by atoms with Crippen molar-refractivity contribution in [2.24, 2.45) is 11.7 Å². The number of carbonyl (C=O) groups is 1. The number of hydrogen-bond acceptors (Lipinski definition) is 3. The van der Waals surface area contributed by atoms with Crippen molar-refractivity contribution >= 4 is 18.3 Å². The molecule has 0 bridgehead atoms. The zero-order valence-corrected chi connectivity index (χ0v) is 10.1. The molecular formula is C10H21ClN2O2. The highest BCUT2D eigenvalue weighted by Crippen LogP contribution is 2.32. The zero-order chi connectivity index (χ0) is 10.8. The van der Waals surface area contributed by atoms with Gasteiger partial charge in [-0.2, -0.15) is 0 Å². The van der Waals surface area contributed by atoms with Crippen LogP contribution in [0.3, 0.4) is 0 Å². The summed E-state index contributed by atoms with van der Waals surface area (Å²) in [6.45, 7) is 4.29. The summed E-state index contributed by atoms with van der Waals surface area (Å²) in [5.41, 5.74) is 5.06. The fraction of sp³-hybridized carbons (Fsp3) is 0.900. The second-order valence-electron chi connectivity index (χ2n) is 4.32. The third-order valence-corrected chi connectivity index (χ3v) is 3.01. The molecule has 0 saturated heterocycles. The quantitative estimate of drug-likeness (QED) is 0.648. The van der Waals surface area contributed by atoms with Crippen molar-refractivity contribution in [3.8, 4) is 0 Å². The molecule has 1 aliphatic carbocycles. The van der Waals surface area contributed by atoms with Crippen molar-refractivity contribution in [2.75, 3.05) is 6.54 Å². The van der Waals surface area contributed by atoms with Gasteiger partial charge in [-0.3, -0.25) is 4.79 Å². The summed E-state index contributed by atoms with van der Waals surface area (Å²) in [4.78, 5) is 11.4. The third kappa shape index (κ3) is 3.97. The highest BCUT2D eigenvalue weighted by atomic mass is 35.5. The van der Waals surface area contributed by atoms with E-state index in [9.17, 15) is 9.90 Å². The predicted molar refractivity (Wildman–Crippen MR) is 61.9 cm³/mol. The van der Waals surface area contributed by atoms with Crippen LogP contribution < -0.4 is 11.1 Å². The normalized spacial score (nSPS) is 21.1. The van der Waals surface area contributed by atoms with Crippen LogP contribution >= 0.6 is 12.4 Å². The number of aliphatic hydroxyl groups excluding tert-OH is 1. The van der Waals surface area contributed by atoms with Gasteiger partial charge < -0.3 is 16.2 Å². The van der Waals surface area contributed by atoms with E-state index in [-0.39, 0.29) is 24.2 Å². The first-order valence-corrected chi connectivity index (χ1v) is 5.25. The topological polar surface area (TPSA) is 75.3 Å². The first kappa shape index (κ1) is 14.7. The summed E-state index contributed by atoms with van der Waals surface area (Å²) in [5.74, 6) is 0.0862. The molecule has 0 aromatic rings. The Morgan fingerprint density at radius 1 is 1.60 bits per heavy atom. The number of amides is 1. The van der Waals surface area contributed by atoms with Gasteiger partial charge in [0.25, 0.3) is 0 Å². The van der Waals surface area contributed by atoms with Crippen LogP contribution in [0.25, 0.3) is 0 Å². The molecule has 4 nitrogen and oxygen atoms in total. The molecule has 90 valence electrons. The molecule has 0 spiro atoms. The second-order valence-corrected chi connectivity index (χ2v) is 4.32. The van der Waals surface area contributed by atoms with Gasteiger partial charge in [0.1, 0.15) is 0 Å². The molecule has 5 heteroatoms. The Kier molecular flexibility index (Phi) is 5.56. The lowest BCUT2D eigenvalue weighted by atomic mass is 10.0. The number of hydrogen-bond donors (Lipinski definition) is 3. The number of halogens is 1. The van der Waals surface area contributed by atoms with Gasteiger partial charge in [-0.25, -0.2) is 0 Å². The van der Waals surface area contributed by atoms with E-state index in [0.717, 1.165) is 19.3 Å². The molecule has 1 fully saturated rings. The van der Waals surface area contributed by atoms with Gasteiger partial charge >= 0.3 is 0 Å². The van der Waals surface area contributed by atoms with Gasteiger partial charge in [0, 0.05) is 6.54 Å². The Morgan fingerprint density at radius 2 is 2.13 bits per heavy atom. The van der Waals surface area contributed by atoms with E-state index in [1.165, 1.54) is 0 Å². The molecule has 1 aliphatic rings. The standard InChI is InChI=1S/C10H20N2O2.ClH/c1-3-7(2)8(13)6-12-9(14)10(11)4-5-10;/h7-8,13H,3-6,11H2,1-2H3,(H,12,14);1H. The monoisotopic (exact) mass is 236 g/mol. The Morgan fingerprint density at radius 3 is 2.53 bits per heavy atom. The van der Waals surface area contributed by atoms with E-state index in [4.69, 9.17) is 5.73 Å². The van der Waals surface area contributed by atoms with Crippen molar-refractivity contribution in [1.29, 1.82) is 0 Å². The molecule has 1 rings (SSSR count). The molecule has 2 atom stereocenters. The predicted octanol–water partition coefficient (Wildman–Crippen LogP) is 0.423. The third-order valence-electron chi connectivity index (χ3n) is 3.01. The Balaban J connectivity index is 0.00000196. The van der Waals surface area contributed by atoms with Crippen molar-refractivity contribution in [3.63, 3.8) is 0 Å². The minimum absolute atomic E-state index is 0. The molecule has 0 aromatic carbocycles. The van der Waals surface area contributed by atoms with Gasteiger partial charge in [0.2, 0.25) is 5.91 Å². The fourth-order valence-electron chi connectivity index (χ4n) is 1.21. The van der Waals surface area contributed by atoms with Gasteiger partial charge in [0.15, 0.2) is 0 Å². The van der Waals surface area contributed by atoms with Crippen LogP contribution in [0.5, 0.6) is 0 Å². The van der Waals surface area contributed by atoms with Crippen LogP contribution in [-0.4, -0.2) is 29.2 Å². The number of carbonyl (C=O) groups excluding carboxylic acids is 1. The van der Waals surface area contributed by atoms with Crippen molar-refractivity contribution in [2.45, 2.75) is 44.8 Å². The minimum atomic E-state index is -0.630. The van der Waals surface area contributed by atoms with Crippen LogP contribution in [0, 0.1) is 5.92 Å². The number of nitrogens with two attached hydrogens (primary N) is 1. The Bertz CT molecular complexity index is 219. The second kappa shape index (κ2) is 5.68. The highest BCUT2D eigenvalue weighted by Gasteiger charge is 2.45. The first-order valence-electron chi connectivity index (χ1n) is 5.25. The molecular weight excluding hydrogens is 216 g/mol. The Hall–Kier alpha value is -0.320. The van der Waals surface area contributed by atoms with Crippen molar-refractivity contribution < 1.29 is 9.90 Å². The number of nitrogens with one attached hydrogen (secondary N) is 1. The smallest absolute Gasteiger partial charge is 0.240 e.